The molecule has 1 aliphatic carbocycles. The van der Waals surface area contributed by atoms with Gasteiger partial charge in [-0.2, -0.15) is 10.2 Å². The van der Waals surface area contributed by atoms with Crippen molar-refractivity contribution in [2.45, 2.75) is 57.4 Å². The number of pyridine rings is 1. The highest BCUT2D eigenvalue weighted by Gasteiger charge is 2.24. The molecule has 35 heavy (non-hydrogen) atoms. The Kier molecular flexibility index (Phi) is 5.63. The van der Waals surface area contributed by atoms with Crippen LogP contribution in [-0.2, 0) is 0 Å². The highest BCUT2D eigenvalue weighted by atomic mass is 16.1. The molecular formula is C25H29N9O. The number of H-pyrrole nitrogens is 1. The summed E-state index contributed by atoms with van der Waals surface area (Å²) < 4.78 is 1.88. The average molecular weight is 472 g/mol. The highest BCUT2D eigenvalue weighted by Crippen LogP contribution is 2.32. The van der Waals surface area contributed by atoms with E-state index in [-0.39, 0.29) is 11.6 Å². The second kappa shape index (κ2) is 9.09. The molecule has 2 aliphatic rings. The molecule has 0 amide bonds. The minimum absolute atomic E-state index is 0.0269. The van der Waals surface area contributed by atoms with Gasteiger partial charge in [-0.25, -0.2) is 4.98 Å². The molecular weight excluding hydrogens is 442 g/mol. The maximum absolute atomic E-state index is 12.9. The van der Waals surface area contributed by atoms with Crippen LogP contribution in [0.25, 0.3) is 11.0 Å². The lowest BCUT2D eigenvalue weighted by Gasteiger charge is -2.32. The van der Waals surface area contributed by atoms with Gasteiger partial charge in [-0.3, -0.25) is 9.36 Å². The van der Waals surface area contributed by atoms with E-state index in [9.17, 15) is 4.79 Å². The van der Waals surface area contributed by atoms with Gasteiger partial charge in [-0.05, 0) is 62.4 Å². The molecule has 0 unspecified atom stereocenters. The normalized spacial score (nSPS) is 17.3. The first-order valence-electron chi connectivity index (χ1n) is 12.4. The summed E-state index contributed by atoms with van der Waals surface area (Å²) in [7, 11) is 0. The third-order valence-corrected chi connectivity index (χ3v) is 7.40. The summed E-state index contributed by atoms with van der Waals surface area (Å²) in [5, 5.41) is 18.8. The quantitative estimate of drug-likeness (QED) is 0.451. The lowest BCUT2D eigenvalue weighted by Crippen LogP contribution is -2.33. The van der Waals surface area contributed by atoms with Crippen molar-refractivity contribution in [3.05, 3.63) is 58.3 Å². The number of anilines is 3. The Morgan fingerprint density at radius 3 is 2.54 bits per heavy atom. The van der Waals surface area contributed by atoms with E-state index in [2.05, 4.69) is 60.1 Å². The maximum Gasteiger partial charge on any atom is 0.252 e. The predicted molar refractivity (Wildman–Crippen MR) is 134 cm³/mol. The lowest BCUT2D eigenvalue weighted by molar-refractivity contribution is 0.486. The molecule has 1 aromatic carbocycles. The topological polar surface area (TPSA) is 118 Å². The van der Waals surface area contributed by atoms with Crippen molar-refractivity contribution in [2.24, 2.45) is 0 Å². The Hall–Kier alpha value is -3.82. The summed E-state index contributed by atoms with van der Waals surface area (Å²) in [5.74, 6) is 1.68. The Morgan fingerprint density at radius 2 is 1.83 bits per heavy atom. The standard InChI is InChI=1S/C25H29N9O/c1-16-14-22(35)34(20-4-2-3-5-20)24-21(16)15-26-25(28-24)27-18-6-8-19(9-7-18)33-12-10-17(11-13-33)23-29-31-32-30-23/h6-9,14-15,17,20H,2-5,10-13H2,1H3,(H,26,27,28)(H,29,30,31,32). The number of nitrogens with zero attached hydrogens (tertiary/aromatic N) is 7. The molecule has 4 heterocycles. The van der Waals surface area contributed by atoms with Gasteiger partial charge in [0.2, 0.25) is 5.95 Å². The number of piperidine rings is 1. The van der Waals surface area contributed by atoms with Crippen LogP contribution in [0, 0.1) is 6.92 Å². The summed E-state index contributed by atoms with van der Waals surface area (Å²) in [6.45, 7) is 3.86. The Bertz CT molecular complexity index is 1370. The summed E-state index contributed by atoms with van der Waals surface area (Å²) >= 11 is 0. The monoisotopic (exact) mass is 471 g/mol. The van der Waals surface area contributed by atoms with Crippen molar-refractivity contribution in [2.75, 3.05) is 23.3 Å². The largest absolute Gasteiger partial charge is 0.371 e. The molecule has 1 saturated carbocycles. The zero-order chi connectivity index (χ0) is 23.8. The molecule has 10 nitrogen and oxygen atoms in total. The van der Waals surface area contributed by atoms with E-state index >= 15 is 0 Å². The van der Waals surface area contributed by atoms with Crippen LogP contribution in [-0.4, -0.2) is 48.2 Å². The first-order valence-corrected chi connectivity index (χ1v) is 12.4. The molecule has 0 radical (unpaired) electrons. The fourth-order valence-electron chi connectivity index (χ4n) is 5.47. The van der Waals surface area contributed by atoms with Crippen LogP contribution >= 0.6 is 0 Å². The number of hydrogen-bond acceptors (Lipinski definition) is 8. The summed E-state index contributed by atoms with van der Waals surface area (Å²) in [6.07, 6.45) is 8.21. The van der Waals surface area contributed by atoms with E-state index in [0.29, 0.717) is 11.9 Å². The number of aromatic nitrogens is 7. The molecule has 2 N–H and O–H groups in total. The van der Waals surface area contributed by atoms with Crippen LogP contribution in [0.15, 0.2) is 41.3 Å². The molecule has 0 atom stereocenters. The van der Waals surface area contributed by atoms with Crippen LogP contribution in [0.4, 0.5) is 17.3 Å². The van der Waals surface area contributed by atoms with E-state index in [1.165, 1.54) is 5.69 Å². The molecule has 180 valence electrons. The molecule has 1 saturated heterocycles. The lowest BCUT2D eigenvalue weighted by atomic mass is 9.96. The second-order valence-electron chi connectivity index (χ2n) is 9.61. The van der Waals surface area contributed by atoms with E-state index in [4.69, 9.17) is 4.98 Å². The van der Waals surface area contributed by atoms with Crippen LogP contribution < -0.4 is 15.8 Å². The predicted octanol–water partition coefficient (Wildman–Crippen LogP) is 3.86. The van der Waals surface area contributed by atoms with Gasteiger partial charge in [-0.1, -0.05) is 18.1 Å². The minimum atomic E-state index is 0.0269. The number of benzene rings is 1. The number of tetrazole rings is 1. The molecule has 1 aliphatic heterocycles. The van der Waals surface area contributed by atoms with Crippen molar-refractivity contribution in [1.82, 2.24) is 35.2 Å². The van der Waals surface area contributed by atoms with Gasteiger partial charge in [-0.15, -0.1) is 10.2 Å². The minimum Gasteiger partial charge on any atom is -0.371 e. The molecule has 4 aromatic rings. The number of rotatable bonds is 5. The molecule has 2 fully saturated rings. The Labute approximate surface area is 202 Å². The average Bonchev–Trinajstić information content (AvgIpc) is 3.60. The number of fused-ring (bicyclic) bond motifs is 1. The van der Waals surface area contributed by atoms with Gasteiger partial charge in [0.25, 0.3) is 5.56 Å². The third-order valence-electron chi connectivity index (χ3n) is 7.40. The molecule has 6 rings (SSSR count). The highest BCUT2D eigenvalue weighted by molar-refractivity contribution is 5.79. The number of aryl methyl sites for hydroxylation is 1. The zero-order valence-corrected chi connectivity index (χ0v) is 19.8. The SMILES string of the molecule is Cc1cc(=O)n(C2CCCC2)c2nc(Nc3ccc(N4CCC(c5nn[nH]n5)CC4)cc3)ncc12. The third kappa shape index (κ3) is 4.24. The van der Waals surface area contributed by atoms with E-state index in [0.717, 1.165) is 79.7 Å². The van der Waals surface area contributed by atoms with Crippen molar-refractivity contribution in [3.8, 4) is 0 Å². The number of hydrogen-bond donors (Lipinski definition) is 2. The van der Waals surface area contributed by atoms with Crippen LogP contribution in [0.3, 0.4) is 0 Å². The second-order valence-corrected chi connectivity index (χ2v) is 9.61. The molecule has 0 spiro atoms. The van der Waals surface area contributed by atoms with Crippen molar-refractivity contribution in [3.63, 3.8) is 0 Å². The smallest absolute Gasteiger partial charge is 0.252 e. The van der Waals surface area contributed by atoms with Gasteiger partial charge in [0.05, 0.1) is 0 Å². The molecule has 0 bridgehead atoms. The fraction of sp³-hybridized carbons (Fsp3) is 0.440. The zero-order valence-electron chi connectivity index (χ0n) is 19.8. The summed E-state index contributed by atoms with van der Waals surface area (Å²) in [6, 6.07) is 10.3. The van der Waals surface area contributed by atoms with Gasteiger partial charge in [0.15, 0.2) is 5.82 Å². The van der Waals surface area contributed by atoms with Crippen LogP contribution in [0.5, 0.6) is 0 Å². The first kappa shape index (κ1) is 21.7. The maximum atomic E-state index is 12.9. The van der Waals surface area contributed by atoms with Gasteiger partial charge in [0.1, 0.15) is 5.65 Å². The number of nitrogens with one attached hydrogen (secondary N) is 2. The van der Waals surface area contributed by atoms with Gasteiger partial charge in [0, 0.05) is 54.1 Å². The number of aromatic amines is 1. The fourth-order valence-corrected chi connectivity index (χ4v) is 5.47. The molecule has 3 aromatic heterocycles. The van der Waals surface area contributed by atoms with Gasteiger partial charge < -0.3 is 10.2 Å². The van der Waals surface area contributed by atoms with Crippen molar-refractivity contribution in [1.29, 1.82) is 0 Å². The summed E-state index contributed by atoms with van der Waals surface area (Å²) in [4.78, 5) is 24.6. The van der Waals surface area contributed by atoms with Crippen LogP contribution in [0.2, 0.25) is 0 Å². The molecule has 10 heteroatoms. The van der Waals surface area contributed by atoms with Gasteiger partial charge >= 0.3 is 0 Å². The Morgan fingerprint density at radius 1 is 1.06 bits per heavy atom. The Balaban J connectivity index is 1.19. The van der Waals surface area contributed by atoms with Crippen molar-refractivity contribution < 1.29 is 0 Å². The van der Waals surface area contributed by atoms with Crippen LogP contribution in [0.1, 0.15) is 61.9 Å². The van der Waals surface area contributed by atoms with E-state index in [1.807, 2.05) is 17.7 Å². The van der Waals surface area contributed by atoms with E-state index in [1.54, 1.807) is 6.07 Å². The first-order chi connectivity index (χ1) is 17.2. The summed E-state index contributed by atoms with van der Waals surface area (Å²) in [5.41, 5.74) is 3.77. The van der Waals surface area contributed by atoms with Crippen molar-refractivity contribution >= 4 is 28.4 Å². The van der Waals surface area contributed by atoms with E-state index < -0.39 is 0 Å².